The quantitative estimate of drug-likeness (QED) is 0.558. The maximum Gasteiger partial charge on any atom is 0.315 e. The molecule has 1 unspecified atom stereocenters. The van der Waals surface area contributed by atoms with Crippen molar-refractivity contribution in [3.63, 3.8) is 0 Å². The molecule has 0 aliphatic rings. The van der Waals surface area contributed by atoms with E-state index in [9.17, 15) is 14.4 Å². The summed E-state index contributed by atoms with van der Waals surface area (Å²) < 4.78 is 0. The maximum atomic E-state index is 11.6. The van der Waals surface area contributed by atoms with Gasteiger partial charge in [-0.3, -0.25) is 9.59 Å². The molecule has 0 saturated heterocycles. The van der Waals surface area contributed by atoms with Crippen LogP contribution in [-0.4, -0.2) is 41.6 Å². The second kappa shape index (κ2) is 6.96. The fraction of sp³-hybridized carbons (Fsp3) is 0.750. The van der Waals surface area contributed by atoms with Crippen LogP contribution < -0.4 is 16.0 Å². The molecule has 0 heterocycles. The lowest BCUT2D eigenvalue weighted by Gasteiger charge is -2.21. The summed E-state index contributed by atoms with van der Waals surface area (Å²) in [6, 6.07) is -1.26. The van der Waals surface area contributed by atoms with E-state index in [-0.39, 0.29) is 18.5 Å². The predicted octanol–water partition coefficient (Wildman–Crippen LogP) is 0.310. The largest absolute Gasteiger partial charge is 0.481 e. The molecule has 0 aliphatic carbocycles. The highest BCUT2D eigenvalue weighted by molar-refractivity contribution is 5.87. The van der Waals surface area contributed by atoms with Gasteiger partial charge in [0.05, 0.1) is 5.41 Å². The van der Waals surface area contributed by atoms with E-state index in [1.54, 1.807) is 6.92 Å². The van der Waals surface area contributed by atoms with Crippen LogP contribution in [0.4, 0.5) is 4.79 Å². The van der Waals surface area contributed by atoms with Crippen molar-refractivity contribution in [3.05, 3.63) is 0 Å². The lowest BCUT2D eigenvalue weighted by atomic mass is 9.94. The van der Waals surface area contributed by atoms with Crippen LogP contribution in [0.25, 0.3) is 0 Å². The number of amides is 3. The van der Waals surface area contributed by atoms with E-state index in [1.807, 2.05) is 13.8 Å². The third-order valence-electron chi connectivity index (χ3n) is 2.44. The second-order valence-electron chi connectivity index (χ2n) is 5.40. The average Bonchev–Trinajstić information content (AvgIpc) is 2.25. The number of hydrogen-bond donors (Lipinski definition) is 4. The summed E-state index contributed by atoms with van der Waals surface area (Å²) in [5.41, 5.74) is -1.05. The summed E-state index contributed by atoms with van der Waals surface area (Å²) in [6.45, 7) is 8.18. The molecule has 0 rings (SSSR count). The van der Waals surface area contributed by atoms with Crippen LogP contribution in [0.2, 0.25) is 0 Å². The summed E-state index contributed by atoms with van der Waals surface area (Å²) in [6.07, 6.45) is 0. The predicted molar refractivity (Wildman–Crippen MR) is 70.7 cm³/mol. The van der Waals surface area contributed by atoms with E-state index in [4.69, 9.17) is 5.11 Å². The molecule has 0 radical (unpaired) electrons. The third kappa shape index (κ3) is 6.64. The SMILES string of the molecule is CC(C)NC(=O)C(C)NC(=O)NCC(C)(C)C(=O)O. The molecule has 1 atom stereocenters. The highest BCUT2D eigenvalue weighted by Gasteiger charge is 2.28. The van der Waals surface area contributed by atoms with Crippen molar-refractivity contribution in [2.45, 2.75) is 46.7 Å². The number of rotatable bonds is 6. The van der Waals surface area contributed by atoms with Gasteiger partial charge in [0.2, 0.25) is 5.91 Å². The van der Waals surface area contributed by atoms with E-state index < -0.39 is 23.5 Å². The molecule has 0 fully saturated rings. The van der Waals surface area contributed by atoms with Crippen LogP contribution in [-0.2, 0) is 9.59 Å². The lowest BCUT2D eigenvalue weighted by Crippen LogP contribution is -2.51. The van der Waals surface area contributed by atoms with Gasteiger partial charge in [0, 0.05) is 12.6 Å². The first-order valence-electron chi connectivity index (χ1n) is 6.14. The fourth-order valence-corrected chi connectivity index (χ4v) is 1.10. The van der Waals surface area contributed by atoms with Gasteiger partial charge in [0.1, 0.15) is 6.04 Å². The molecule has 3 amide bonds. The summed E-state index contributed by atoms with van der Waals surface area (Å²) >= 11 is 0. The van der Waals surface area contributed by atoms with Gasteiger partial charge in [-0.05, 0) is 34.6 Å². The first kappa shape index (κ1) is 17.2. The first-order chi connectivity index (χ1) is 8.56. The molecule has 7 nitrogen and oxygen atoms in total. The molecular weight excluding hydrogens is 250 g/mol. The van der Waals surface area contributed by atoms with Gasteiger partial charge in [-0.15, -0.1) is 0 Å². The maximum absolute atomic E-state index is 11.6. The molecule has 0 aliphatic heterocycles. The van der Waals surface area contributed by atoms with E-state index in [0.717, 1.165) is 0 Å². The highest BCUT2D eigenvalue weighted by atomic mass is 16.4. The third-order valence-corrected chi connectivity index (χ3v) is 2.44. The Morgan fingerprint density at radius 1 is 1.11 bits per heavy atom. The van der Waals surface area contributed by atoms with Crippen LogP contribution in [0.15, 0.2) is 0 Å². The Hall–Kier alpha value is -1.79. The van der Waals surface area contributed by atoms with Crippen molar-refractivity contribution in [1.29, 1.82) is 0 Å². The molecule has 0 aromatic carbocycles. The van der Waals surface area contributed by atoms with Crippen molar-refractivity contribution < 1.29 is 19.5 Å². The Morgan fingerprint density at radius 2 is 1.63 bits per heavy atom. The zero-order valence-corrected chi connectivity index (χ0v) is 12.0. The fourth-order valence-electron chi connectivity index (χ4n) is 1.10. The number of carbonyl (C=O) groups is 3. The Bertz CT molecular complexity index is 353. The van der Waals surface area contributed by atoms with Gasteiger partial charge in [-0.2, -0.15) is 0 Å². The van der Waals surface area contributed by atoms with Gasteiger partial charge in [-0.25, -0.2) is 4.79 Å². The molecule has 0 aromatic heterocycles. The van der Waals surface area contributed by atoms with E-state index in [0.29, 0.717) is 0 Å². The zero-order valence-electron chi connectivity index (χ0n) is 12.0. The zero-order chi connectivity index (χ0) is 15.2. The van der Waals surface area contributed by atoms with Crippen LogP contribution >= 0.6 is 0 Å². The first-order valence-corrected chi connectivity index (χ1v) is 6.14. The number of carboxylic acid groups (broad SMARTS) is 1. The molecule has 110 valence electrons. The molecule has 0 spiro atoms. The smallest absolute Gasteiger partial charge is 0.315 e. The number of carbonyl (C=O) groups excluding carboxylic acids is 2. The Labute approximate surface area is 113 Å². The minimum Gasteiger partial charge on any atom is -0.481 e. The number of aliphatic carboxylic acids is 1. The topological polar surface area (TPSA) is 108 Å². The van der Waals surface area contributed by atoms with Gasteiger partial charge in [-0.1, -0.05) is 0 Å². The Balaban J connectivity index is 4.18. The van der Waals surface area contributed by atoms with Gasteiger partial charge >= 0.3 is 12.0 Å². The monoisotopic (exact) mass is 273 g/mol. The summed E-state index contributed by atoms with van der Waals surface area (Å²) in [4.78, 5) is 33.9. The summed E-state index contributed by atoms with van der Waals surface area (Å²) in [7, 11) is 0. The number of nitrogens with one attached hydrogen (secondary N) is 3. The van der Waals surface area contributed by atoms with Crippen molar-refractivity contribution in [2.24, 2.45) is 5.41 Å². The normalized spacial score (nSPS) is 12.7. The van der Waals surface area contributed by atoms with Crippen LogP contribution in [0, 0.1) is 5.41 Å². The summed E-state index contributed by atoms with van der Waals surface area (Å²) in [5, 5.41) is 16.4. The standard InChI is InChI=1S/C12H23N3O4/c1-7(2)14-9(16)8(3)15-11(19)13-6-12(4,5)10(17)18/h7-8H,6H2,1-5H3,(H,14,16)(H,17,18)(H2,13,15,19). The van der Waals surface area contributed by atoms with Crippen LogP contribution in [0.1, 0.15) is 34.6 Å². The molecule has 0 aromatic rings. The van der Waals surface area contributed by atoms with E-state index in [2.05, 4.69) is 16.0 Å². The van der Waals surface area contributed by atoms with Gasteiger partial charge < -0.3 is 21.1 Å². The molecule has 19 heavy (non-hydrogen) atoms. The number of urea groups is 1. The average molecular weight is 273 g/mol. The highest BCUT2D eigenvalue weighted by Crippen LogP contribution is 2.12. The minimum atomic E-state index is -1.05. The van der Waals surface area contributed by atoms with Crippen molar-refractivity contribution in [3.8, 4) is 0 Å². The Kier molecular flexibility index (Phi) is 6.31. The van der Waals surface area contributed by atoms with E-state index in [1.165, 1.54) is 13.8 Å². The summed E-state index contributed by atoms with van der Waals surface area (Å²) in [5.74, 6) is -1.29. The van der Waals surface area contributed by atoms with Crippen LogP contribution in [0.3, 0.4) is 0 Å². The molecular formula is C12H23N3O4. The van der Waals surface area contributed by atoms with Crippen molar-refractivity contribution >= 4 is 17.9 Å². The van der Waals surface area contributed by atoms with E-state index >= 15 is 0 Å². The van der Waals surface area contributed by atoms with Gasteiger partial charge in [0.15, 0.2) is 0 Å². The molecule has 7 heteroatoms. The molecule has 4 N–H and O–H groups in total. The number of carboxylic acids is 1. The lowest BCUT2D eigenvalue weighted by molar-refractivity contribution is -0.146. The Morgan fingerprint density at radius 3 is 2.05 bits per heavy atom. The second-order valence-corrected chi connectivity index (χ2v) is 5.40. The van der Waals surface area contributed by atoms with Crippen molar-refractivity contribution in [2.75, 3.05) is 6.54 Å². The number of hydrogen-bond acceptors (Lipinski definition) is 3. The van der Waals surface area contributed by atoms with Crippen LogP contribution in [0.5, 0.6) is 0 Å². The molecule has 0 bridgehead atoms. The molecule has 0 saturated carbocycles. The van der Waals surface area contributed by atoms with Crippen molar-refractivity contribution in [1.82, 2.24) is 16.0 Å². The minimum absolute atomic E-state index is 0.00856. The van der Waals surface area contributed by atoms with Gasteiger partial charge in [0.25, 0.3) is 0 Å².